The van der Waals surface area contributed by atoms with Crippen molar-refractivity contribution in [1.29, 1.82) is 0 Å². The van der Waals surface area contributed by atoms with Crippen molar-refractivity contribution in [3.05, 3.63) is 59.7 Å². The number of aryl methyl sites for hydroxylation is 1. The Balaban J connectivity index is 2.51. The third-order valence-electron chi connectivity index (χ3n) is 2.84. The van der Waals surface area contributed by atoms with Crippen molar-refractivity contribution in [2.45, 2.75) is 6.92 Å². The van der Waals surface area contributed by atoms with Crippen LogP contribution in [-0.2, 0) is 4.74 Å². The summed E-state index contributed by atoms with van der Waals surface area (Å²) >= 11 is 0. The van der Waals surface area contributed by atoms with Crippen molar-refractivity contribution in [2.75, 3.05) is 13.7 Å². The number of hydrogen-bond acceptors (Lipinski definition) is 2. The Morgan fingerprint density at radius 2 is 1.83 bits per heavy atom. The highest BCUT2D eigenvalue weighted by Crippen LogP contribution is 2.25. The van der Waals surface area contributed by atoms with Crippen LogP contribution >= 0.6 is 0 Å². The SMILES string of the molecule is COCC(=O)c1cc(C)ccc1-c1ccccc1. The van der Waals surface area contributed by atoms with Crippen molar-refractivity contribution < 1.29 is 9.53 Å². The van der Waals surface area contributed by atoms with E-state index in [0.29, 0.717) is 0 Å². The third kappa shape index (κ3) is 2.66. The second-order valence-corrected chi connectivity index (χ2v) is 4.27. The van der Waals surface area contributed by atoms with E-state index >= 15 is 0 Å². The van der Waals surface area contributed by atoms with Gasteiger partial charge in [0.25, 0.3) is 0 Å². The second kappa shape index (κ2) is 5.61. The fourth-order valence-electron chi connectivity index (χ4n) is 1.97. The first-order chi connectivity index (χ1) is 8.72. The second-order valence-electron chi connectivity index (χ2n) is 4.27. The molecule has 0 spiro atoms. The fourth-order valence-corrected chi connectivity index (χ4v) is 1.97. The van der Waals surface area contributed by atoms with Gasteiger partial charge >= 0.3 is 0 Å². The molecule has 2 aromatic rings. The van der Waals surface area contributed by atoms with Crippen LogP contribution in [0.25, 0.3) is 11.1 Å². The summed E-state index contributed by atoms with van der Waals surface area (Å²) in [7, 11) is 1.54. The van der Waals surface area contributed by atoms with Gasteiger partial charge in [-0.1, -0.05) is 48.0 Å². The van der Waals surface area contributed by atoms with Crippen LogP contribution < -0.4 is 0 Å². The number of hydrogen-bond donors (Lipinski definition) is 0. The lowest BCUT2D eigenvalue weighted by molar-refractivity contribution is 0.0848. The average Bonchev–Trinajstić information content (AvgIpc) is 2.40. The van der Waals surface area contributed by atoms with E-state index in [1.54, 1.807) is 0 Å². The first kappa shape index (κ1) is 12.5. The molecule has 0 amide bonds. The summed E-state index contributed by atoms with van der Waals surface area (Å²) in [5.74, 6) is 0.0139. The normalized spacial score (nSPS) is 10.3. The number of ether oxygens (including phenoxy) is 1. The molecule has 0 aliphatic carbocycles. The number of benzene rings is 2. The summed E-state index contributed by atoms with van der Waals surface area (Å²) in [4.78, 5) is 12.1. The molecule has 0 saturated carbocycles. The Kier molecular flexibility index (Phi) is 3.90. The molecule has 0 radical (unpaired) electrons. The van der Waals surface area contributed by atoms with Gasteiger partial charge in [0.15, 0.2) is 5.78 Å². The van der Waals surface area contributed by atoms with Gasteiger partial charge in [0.2, 0.25) is 0 Å². The van der Waals surface area contributed by atoms with Gasteiger partial charge in [0, 0.05) is 12.7 Å². The average molecular weight is 240 g/mol. The van der Waals surface area contributed by atoms with Gasteiger partial charge in [-0.05, 0) is 24.1 Å². The largest absolute Gasteiger partial charge is 0.377 e. The molecular formula is C16H16O2. The maximum atomic E-state index is 12.1. The summed E-state index contributed by atoms with van der Waals surface area (Å²) in [6.45, 7) is 2.10. The Labute approximate surface area is 107 Å². The van der Waals surface area contributed by atoms with Crippen LogP contribution in [0.1, 0.15) is 15.9 Å². The molecule has 92 valence electrons. The van der Waals surface area contributed by atoms with Gasteiger partial charge in [0.05, 0.1) is 0 Å². The topological polar surface area (TPSA) is 26.3 Å². The first-order valence-corrected chi connectivity index (χ1v) is 5.90. The minimum Gasteiger partial charge on any atom is -0.377 e. The third-order valence-corrected chi connectivity index (χ3v) is 2.84. The Morgan fingerprint density at radius 1 is 1.11 bits per heavy atom. The van der Waals surface area contributed by atoms with E-state index in [4.69, 9.17) is 4.74 Å². The highest BCUT2D eigenvalue weighted by atomic mass is 16.5. The molecule has 2 heteroatoms. The quantitative estimate of drug-likeness (QED) is 0.765. The van der Waals surface area contributed by atoms with Gasteiger partial charge in [0.1, 0.15) is 6.61 Å². The molecule has 2 aromatic carbocycles. The van der Waals surface area contributed by atoms with E-state index in [1.807, 2.05) is 55.5 Å². The Morgan fingerprint density at radius 3 is 2.50 bits per heavy atom. The van der Waals surface area contributed by atoms with Crippen molar-refractivity contribution in [3.63, 3.8) is 0 Å². The smallest absolute Gasteiger partial charge is 0.189 e. The number of ketones is 1. The molecule has 0 unspecified atom stereocenters. The molecule has 0 heterocycles. The number of rotatable bonds is 4. The lowest BCUT2D eigenvalue weighted by atomic mass is 9.95. The zero-order valence-electron chi connectivity index (χ0n) is 10.6. The van der Waals surface area contributed by atoms with Gasteiger partial charge < -0.3 is 4.74 Å². The molecule has 0 N–H and O–H groups in total. The molecule has 18 heavy (non-hydrogen) atoms. The first-order valence-electron chi connectivity index (χ1n) is 5.90. The zero-order valence-corrected chi connectivity index (χ0v) is 10.6. The maximum absolute atomic E-state index is 12.1. The molecule has 2 rings (SSSR count). The van der Waals surface area contributed by atoms with E-state index in [1.165, 1.54) is 7.11 Å². The summed E-state index contributed by atoms with van der Waals surface area (Å²) in [6, 6.07) is 15.9. The van der Waals surface area contributed by atoms with Crippen molar-refractivity contribution in [2.24, 2.45) is 0 Å². The van der Waals surface area contributed by atoms with Crippen LogP contribution in [0.4, 0.5) is 0 Å². The number of methoxy groups -OCH3 is 1. The molecule has 0 fully saturated rings. The summed E-state index contributed by atoms with van der Waals surface area (Å²) < 4.78 is 4.94. The van der Waals surface area contributed by atoms with Gasteiger partial charge in [-0.2, -0.15) is 0 Å². The molecule has 0 atom stereocenters. The monoisotopic (exact) mass is 240 g/mol. The van der Waals surface area contributed by atoms with Crippen LogP contribution in [-0.4, -0.2) is 19.5 Å². The van der Waals surface area contributed by atoms with Crippen molar-refractivity contribution >= 4 is 5.78 Å². The maximum Gasteiger partial charge on any atom is 0.189 e. The number of carbonyl (C=O) groups excluding carboxylic acids is 1. The molecule has 0 bridgehead atoms. The minimum absolute atomic E-state index is 0.0139. The van der Waals surface area contributed by atoms with Crippen molar-refractivity contribution in [3.8, 4) is 11.1 Å². The van der Waals surface area contributed by atoms with Crippen LogP contribution in [0, 0.1) is 6.92 Å². The van der Waals surface area contributed by atoms with E-state index in [2.05, 4.69) is 0 Å². The molecule has 0 aromatic heterocycles. The van der Waals surface area contributed by atoms with Gasteiger partial charge in [-0.25, -0.2) is 0 Å². The van der Waals surface area contributed by atoms with Gasteiger partial charge in [-0.3, -0.25) is 4.79 Å². The Bertz CT molecular complexity index is 544. The lowest BCUT2D eigenvalue weighted by Gasteiger charge is -2.09. The van der Waals surface area contributed by atoms with E-state index in [0.717, 1.165) is 22.3 Å². The molecule has 0 saturated heterocycles. The molecule has 0 aliphatic rings. The highest BCUT2D eigenvalue weighted by Gasteiger charge is 2.12. The van der Waals surface area contributed by atoms with Crippen LogP contribution in [0.15, 0.2) is 48.5 Å². The number of Topliss-reactive ketones (excluding diaryl/α,β-unsaturated/α-hetero) is 1. The zero-order chi connectivity index (χ0) is 13.0. The standard InChI is InChI=1S/C16H16O2/c1-12-8-9-14(13-6-4-3-5-7-13)15(10-12)16(17)11-18-2/h3-10H,11H2,1-2H3. The van der Waals surface area contributed by atoms with E-state index < -0.39 is 0 Å². The molecule has 0 aliphatic heterocycles. The summed E-state index contributed by atoms with van der Waals surface area (Å²) in [5, 5.41) is 0. The van der Waals surface area contributed by atoms with Crippen molar-refractivity contribution in [1.82, 2.24) is 0 Å². The van der Waals surface area contributed by atoms with Crippen LogP contribution in [0.3, 0.4) is 0 Å². The Hall–Kier alpha value is -1.93. The molecule has 2 nitrogen and oxygen atoms in total. The summed E-state index contributed by atoms with van der Waals surface area (Å²) in [6.07, 6.45) is 0. The van der Waals surface area contributed by atoms with E-state index in [-0.39, 0.29) is 12.4 Å². The number of carbonyl (C=O) groups is 1. The minimum atomic E-state index is 0.0139. The lowest BCUT2D eigenvalue weighted by Crippen LogP contribution is -2.08. The highest BCUT2D eigenvalue weighted by molar-refractivity contribution is 6.03. The summed E-state index contributed by atoms with van der Waals surface area (Å²) in [5.41, 5.74) is 3.82. The predicted octanol–water partition coefficient (Wildman–Crippen LogP) is 3.49. The van der Waals surface area contributed by atoms with Crippen LogP contribution in [0.5, 0.6) is 0 Å². The molecular weight excluding hydrogens is 224 g/mol. The fraction of sp³-hybridized carbons (Fsp3) is 0.188. The predicted molar refractivity (Wildman–Crippen MR) is 72.8 cm³/mol. The van der Waals surface area contributed by atoms with Crippen LogP contribution in [0.2, 0.25) is 0 Å². The van der Waals surface area contributed by atoms with E-state index in [9.17, 15) is 4.79 Å². The van der Waals surface area contributed by atoms with Gasteiger partial charge in [-0.15, -0.1) is 0 Å².